The van der Waals surface area contributed by atoms with Crippen LogP contribution in [0, 0.1) is 5.41 Å². The van der Waals surface area contributed by atoms with Gasteiger partial charge in [0.15, 0.2) is 0 Å². The van der Waals surface area contributed by atoms with E-state index < -0.39 is 0 Å². The molecule has 1 saturated carbocycles. The van der Waals surface area contributed by atoms with Crippen LogP contribution in [0.4, 0.5) is 5.69 Å². The third kappa shape index (κ3) is 3.55. The number of rotatable bonds is 4. The molecule has 1 aliphatic rings. The molecule has 0 aromatic heterocycles. The summed E-state index contributed by atoms with van der Waals surface area (Å²) >= 11 is 0. The molecule has 1 N–H and O–H groups in total. The van der Waals surface area contributed by atoms with Gasteiger partial charge in [-0.15, -0.1) is 0 Å². The van der Waals surface area contributed by atoms with Crippen LogP contribution in [0.5, 0.6) is 11.5 Å². The number of ether oxygens (including phenoxy) is 2. The van der Waals surface area contributed by atoms with Gasteiger partial charge in [0.1, 0.15) is 11.5 Å². The molecule has 1 fully saturated rings. The molecule has 2 rings (SSSR count). The quantitative estimate of drug-likeness (QED) is 0.887. The summed E-state index contributed by atoms with van der Waals surface area (Å²) in [5, 5.41) is 3.61. The molecule has 0 aliphatic heterocycles. The molecule has 19 heavy (non-hydrogen) atoms. The van der Waals surface area contributed by atoms with Crippen molar-refractivity contribution in [3.05, 3.63) is 18.2 Å². The molecule has 0 radical (unpaired) electrons. The average Bonchev–Trinajstić information content (AvgIpc) is 2.41. The number of benzene rings is 1. The predicted octanol–water partition coefficient (Wildman–Crippen LogP) is 4.08. The van der Waals surface area contributed by atoms with E-state index in [0.29, 0.717) is 11.5 Å². The van der Waals surface area contributed by atoms with Gasteiger partial charge in [0, 0.05) is 12.1 Å². The standard InChI is InChI=1S/C16H25NO2/c1-16(2)9-7-12(8-10-16)17-14-11-13(18-3)5-6-15(14)19-4/h5-6,11-12,17H,7-10H2,1-4H3. The van der Waals surface area contributed by atoms with Crippen molar-refractivity contribution in [2.75, 3.05) is 19.5 Å². The minimum atomic E-state index is 0.497. The van der Waals surface area contributed by atoms with Crippen LogP contribution in [0.3, 0.4) is 0 Å². The Hall–Kier alpha value is -1.38. The summed E-state index contributed by atoms with van der Waals surface area (Å²) in [6.07, 6.45) is 4.98. The minimum Gasteiger partial charge on any atom is -0.497 e. The molecule has 0 heterocycles. The summed E-state index contributed by atoms with van der Waals surface area (Å²) in [5.74, 6) is 1.74. The molecular weight excluding hydrogens is 238 g/mol. The molecule has 1 aliphatic carbocycles. The first-order valence-electron chi connectivity index (χ1n) is 7.03. The van der Waals surface area contributed by atoms with Crippen LogP contribution in [-0.2, 0) is 0 Å². The van der Waals surface area contributed by atoms with E-state index in [-0.39, 0.29) is 0 Å². The lowest BCUT2D eigenvalue weighted by Crippen LogP contribution is -2.29. The lowest BCUT2D eigenvalue weighted by molar-refractivity contribution is 0.232. The lowest BCUT2D eigenvalue weighted by Gasteiger charge is -2.35. The Morgan fingerprint density at radius 2 is 1.79 bits per heavy atom. The van der Waals surface area contributed by atoms with Crippen LogP contribution in [0.1, 0.15) is 39.5 Å². The minimum absolute atomic E-state index is 0.497. The van der Waals surface area contributed by atoms with Crippen LogP contribution >= 0.6 is 0 Å². The maximum absolute atomic E-state index is 5.41. The van der Waals surface area contributed by atoms with E-state index >= 15 is 0 Å². The zero-order valence-corrected chi connectivity index (χ0v) is 12.5. The Bertz CT molecular complexity index is 419. The Morgan fingerprint density at radius 1 is 1.11 bits per heavy atom. The number of hydrogen-bond acceptors (Lipinski definition) is 3. The SMILES string of the molecule is COc1ccc(OC)c(NC2CCC(C)(C)CC2)c1. The van der Waals surface area contributed by atoms with Gasteiger partial charge in [-0.25, -0.2) is 0 Å². The Balaban J connectivity index is 2.06. The zero-order valence-electron chi connectivity index (χ0n) is 12.5. The van der Waals surface area contributed by atoms with Crippen molar-refractivity contribution >= 4 is 5.69 Å². The summed E-state index contributed by atoms with van der Waals surface area (Å²) < 4.78 is 10.7. The molecule has 1 aromatic rings. The van der Waals surface area contributed by atoms with Crippen LogP contribution < -0.4 is 14.8 Å². The molecule has 106 valence electrons. The van der Waals surface area contributed by atoms with E-state index in [2.05, 4.69) is 19.2 Å². The summed E-state index contributed by atoms with van der Waals surface area (Å²) in [6.45, 7) is 4.71. The molecular formula is C16H25NO2. The fourth-order valence-corrected chi connectivity index (χ4v) is 2.69. The van der Waals surface area contributed by atoms with Crippen LogP contribution in [0.2, 0.25) is 0 Å². The van der Waals surface area contributed by atoms with Crippen molar-refractivity contribution in [1.29, 1.82) is 0 Å². The fourth-order valence-electron chi connectivity index (χ4n) is 2.69. The number of hydrogen-bond donors (Lipinski definition) is 1. The Kier molecular flexibility index (Phi) is 4.23. The third-order valence-corrected chi connectivity index (χ3v) is 4.11. The summed E-state index contributed by atoms with van der Waals surface area (Å²) in [7, 11) is 3.39. The molecule has 0 bridgehead atoms. The van der Waals surface area contributed by atoms with E-state index in [9.17, 15) is 0 Å². The molecule has 0 amide bonds. The van der Waals surface area contributed by atoms with Crippen molar-refractivity contribution in [3.63, 3.8) is 0 Å². The summed E-state index contributed by atoms with van der Waals surface area (Å²) in [6, 6.07) is 6.43. The molecule has 1 aromatic carbocycles. The second kappa shape index (κ2) is 5.72. The first kappa shape index (κ1) is 14.0. The second-order valence-electron chi connectivity index (χ2n) is 6.15. The molecule has 0 spiro atoms. The maximum Gasteiger partial charge on any atom is 0.142 e. The fraction of sp³-hybridized carbons (Fsp3) is 0.625. The van der Waals surface area contributed by atoms with Crippen molar-refractivity contribution in [1.82, 2.24) is 0 Å². The normalized spacial score (nSPS) is 18.9. The van der Waals surface area contributed by atoms with Gasteiger partial charge < -0.3 is 14.8 Å². The van der Waals surface area contributed by atoms with Gasteiger partial charge in [-0.2, -0.15) is 0 Å². The van der Waals surface area contributed by atoms with Crippen molar-refractivity contribution in [2.45, 2.75) is 45.6 Å². The van der Waals surface area contributed by atoms with E-state index in [1.165, 1.54) is 25.7 Å². The van der Waals surface area contributed by atoms with Gasteiger partial charge in [0.25, 0.3) is 0 Å². The molecule has 3 nitrogen and oxygen atoms in total. The van der Waals surface area contributed by atoms with Crippen LogP contribution in [-0.4, -0.2) is 20.3 Å². The van der Waals surface area contributed by atoms with Gasteiger partial charge in [-0.1, -0.05) is 13.8 Å². The summed E-state index contributed by atoms with van der Waals surface area (Å²) in [5.41, 5.74) is 1.53. The topological polar surface area (TPSA) is 30.5 Å². The third-order valence-electron chi connectivity index (χ3n) is 4.11. The van der Waals surface area contributed by atoms with Gasteiger partial charge >= 0.3 is 0 Å². The highest BCUT2D eigenvalue weighted by Crippen LogP contribution is 2.37. The monoisotopic (exact) mass is 263 g/mol. The van der Waals surface area contributed by atoms with Gasteiger partial charge in [-0.05, 0) is 43.2 Å². The molecule has 3 heteroatoms. The average molecular weight is 263 g/mol. The number of methoxy groups -OCH3 is 2. The largest absolute Gasteiger partial charge is 0.497 e. The lowest BCUT2D eigenvalue weighted by atomic mass is 9.75. The Morgan fingerprint density at radius 3 is 2.37 bits per heavy atom. The first-order chi connectivity index (χ1) is 9.04. The highest BCUT2D eigenvalue weighted by molar-refractivity contribution is 5.60. The van der Waals surface area contributed by atoms with Gasteiger partial charge in [0.05, 0.1) is 19.9 Å². The van der Waals surface area contributed by atoms with E-state index in [1.807, 2.05) is 18.2 Å². The van der Waals surface area contributed by atoms with Gasteiger partial charge in [-0.3, -0.25) is 0 Å². The Labute approximate surface area is 116 Å². The van der Waals surface area contributed by atoms with Gasteiger partial charge in [0.2, 0.25) is 0 Å². The molecule has 0 saturated heterocycles. The predicted molar refractivity (Wildman–Crippen MR) is 79.2 cm³/mol. The zero-order chi connectivity index (χ0) is 13.9. The smallest absolute Gasteiger partial charge is 0.142 e. The highest BCUT2D eigenvalue weighted by atomic mass is 16.5. The second-order valence-corrected chi connectivity index (χ2v) is 6.15. The van der Waals surface area contributed by atoms with Crippen LogP contribution in [0.15, 0.2) is 18.2 Å². The van der Waals surface area contributed by atoms with Crippen molar-refractivity contribution in [3.8, 4) is 11.5 Å². The molecule has 0 unspecified atom stereocenters. The maximum atomic E-state index is 5.41. The highest BCUT2D eigenvalue weighted by Gasteiger charge is 2.27. The molecule has 0 atom stereocenters. The summed E-state index contributed by atoms with van der Waals surface area (Å²) in [4.78, 5) is 0. The number of anilines is 1. The van der Waals surface area contributed by atoms with E-state index in [1.54, 1.807) is 14.2 Å². The number of nitrogens with one attached hydrogen (secondary N) is 1. The van der Waals surface area contributed by atoms with Crippen molar-refractivity contribution in [2.24, 2.45) is 5.41 Å². The van der Waals surface area contributed by atoms with Crippen molar-refractivity contribution < 1.29 is 9.47 Å². The van der Waals surface area contributed by atoms with E-state index in [4.69, 9.17) is 9.47 Å². The first-order valence-corrected chi connectivity index (χ1v) is 7.03. The van der Waals surface area contributed by atoms with E-state index in [0.717, 1.165) is 17.2 Å². The van der Waals surface area contributed by atoms with Crippen LogP contribution in [0.25, 0.3) is 0 Å².